The molecule has 0 saturated carbocycles. The van der Waals surface area contributed by atoms with E-state index in [-0.39, 0.29) is 0 Å². The van der Waals surface area contributed by atoms with Gasteiger partial charge in [0.25, 0.3) is 0 Å². The molecule has 21 heavy (non-hydrogen) atoms. The largest absolute Gasteiger partial charge is 0.331 e. The third kappa shape index (κ3) is 3.28. The maximum atomic E-state index is 6.16. The first-order valence-electron chi connectivity index (χ1n) is 7.31. The summed E-state index contributed by atoms with van der Waals surface area (Å²) in [7, 11) is 0. The lowest BCUT2D eigenvalue weighted by Crippen LogP contribution is -2.25. The van der Waals surface area contributed by atoms with Crippen molar-refractivity contribution in [2.45, 2.75) is 43.8 Å². The number of nitrogens with one attached hydrogen (secondary N) is 1. The summed E-state index contributed by atoms with van der Waals surface area (Å²) in [6.45, 7) is 5.19. The summed E-state index contributed by atoms with van der Waals surface area (Å²) in [6.07, 6.45) is 4.99. The lowest BCUT2D eigenvalue weighted by molar-refractivity contribution is 0.482. The minimum atomic E-state index is 0.371. The number of benzene rings is 1. The Morgan fingerprint density at radius 2 is 2.33 bits per heavy atom. The third-order valence-electron chi connectivity index (χ3n) is 3.84. The van der Waals surface area contributed by atoms with Crippen LogP contribution in [0.3, 0.4) is 0 Å². The summed E-state index contributed by atoms with van der Waals surface area (Å²) in [5.74, 6) is 1.15. The third-order valence-corrected chi connectivity index (χ3v) is 5.20. The average molecular weight is 322 g/mol. The predicted molar refractivity (Wildman–Crippen MR) is 89.0 cm³/mol. The molecular formula is C16H20ClN3S. The molecule has 1 unspecified atom stereocenters. The maximum absolute atomic E-state index is 6.16. The van der Waals surface area contributed by atoms with Crippen molar-refractivity contribution in [3.63, 3.8) is 0 Å². The molecule has 1 aliphatic heterocycles. The van der Waals surface area contributed by atoms with Gasteiger partial charge in [-0.2, -0.15) is 0 Å². The number of thioether (sulfide) groups is 1. The fourth-order valence-corrected chi connectivity index (χ4v) is 4.03. The summed E-state index contributed by atoms with van der Waals surface area (Å²) in [5, 5.41) is 4.48. The van der Waals surface area contributed by atoms with Gasteiger partial charge in [0.2, 0.25) is 0 Å². The van der Waals surface area contributed by atoms with Crippen LogP contribution in [0.4, 0.5) is 0 Å². The van der Waals surface area contributed by atoms with Crippen LogP contribution in [-0.4, -0.2) is 15.3 Å². The first kappa shape index (κ1) is 14.9. The van der Waals surface area contributed by atoms with Crippen molar-refractivity contribution in [2.24, 2.45) is 0 Å². The van der Waals surface area contributed by atoms with Gasteiger partial charge in [-0.05, 0) is 49.8 Å². The van der Waals surface area contributed by atoms with Gasteiger partial charge in [0.05, 0.1) is 12.0 Å². The first-order chi connectivity index (χ1) is 10.1. The Labute approximate surface area is 135 Å². The zero-order valence-electron chi connectivity index (χ0n) is 12.3. The number of imidazole rings is 1. The van der Waals surface area contributed by atoms with E-state index >= 15 is 0 Å². The summed E-state index contributed by atoms with van der Waals surface area (Å²) < 4.78 is 2.21. The maximum Gasteiger partial charge on any atom is 0.0951 e. The molecule has 0 amide bonds. The number of hydrogen-bond acceptors (Lipinski definition) is 3. The zero-order chi connectivity index (χ0) is 14.8. The molecule has 1 N–H and O–H groups in total. The number of halogens is 1. The highest BCUT2D eigenvalue weighted by molar-refractivity contribution is 7.99. The van der Waals surface area contributed by atoms with Crippen LogP contribution < -0.4 is 5.32 Å². The predicted octanol–water partition coefficient (Wildman–Crippen LogP) is 4.44. The smallest absolute Gasteiger partial charge is 0.0951 e. The van der Waals surface area contributed by atoms with Crippen molar-refractivity contribution in [3.8, 4) is 0 Å². The highest BCUT2D eigenvalue weighted by Crippen LogP contribution is 2.37. The summed E-state index contributed by atoms with van der Waals surface area (Å²) in [4.78, 5) is 5.61. The normalized spacial score (nSPS) is 18.0. The molecule has 0 saturated heterocycles. The number of hydrogen-bond donors (Lipinski definition) is 1. The highest BCUT2D eigenvalue weighted by atomic mass is 35.5. The first-order valence-corrected chi connectivity index (χ1v) is 8.68. The van der Waals surface area contributed by atoms with Crippen LogP contribution in [-0.2, 0) is 6.54 Å². The summed E-state index contributed by atoms with van der Waals surface area (Å²) in [5.41, 5.74) is 2.56. The number of fused-ring (bicyclic) bond motifs is 1. The molecular weight excluding hydrogens is 302 g/mol. The second-order valence-corrected chi connectivity index (χ2v) is 7.21. The van der Waals surface area contributed by atoms with Crippen LogP contribution in [0.25, 0.3) is 0 Å². The van der Waals surface area contributed by atoms with Crippen molar-refractivity contribution >= 4 is 23.4 Å². The molecule has 2 heterocycles. The summed E-state index contributed by atoms with van der Waals surface area (Å²) >= 11 is 8.07. The van der Waals surface area contributed by atoms with E-state index in [2.05, 4.69) is 40.8 Å². The van der Waals surface area contributed by atoms with Gasteiger partial charge in [-0.25, -0.2) is 4.98 Å². The van der Waals surface area contributed by atoms with E-state index < -0.39 is 0 Å². The highest BCUT2D eigenvalue weighted by Gasteiger charge is 2.21. The standard InChI is InChI=1S/C16H20ClN3S/c1-11(2)20-10-18-8-13(20)9-19-15-5-6-21-16-4-3-12(17)7-14(15)16/h3-4,7-8,10-11,15,19H,5-6,9H2,1-2H3. The van der Waals surface area contributed by atoms with E-state index in [1.54, 1.807) is 0 Å². The van der Waals surface area contributed by atoms with Gasteiger partial charge < -0.3 is 9.88 Å². The molecule has 2 aromatic rings. The molecule has 1 aromatic heterocycles. The van der Waals surface area contributed by atoms with Crippen molar-refractivity contribution in [1.82, 2.24) is 14.9 Å². The molecule has 3 rings (SSSR count). The Hall–Kier alpha value is -0.970. The fraction of sp³-hybridized carbons (Fsp3) is 0.438. The van der Waals surface area contributed by atoms with Crippen LogP contribution in [0.2, 0.25) is 5.02 Å². The van der Waals surface area contributed by atoms with Crippen LogP contribution in [0.5, 0.6) is 0 Å². The van der Waals surface area contributed by atoms with Crippen molar-refractivity contribution in [1.29, 1.82) is 0 Å². The monoisotopic (exact) mass is 321 g/mol. The molecule has 0 fully saturated rings. The van der Waals surface area contributed by atoms with Gasteiger partial charge >= 0.3 is 0 Å². The molecule has 3 nitrogen and oxygen atoms in total. The Morgan fingerprint density at radius 3 is 3.14 bits per heavy atom. The van der Waals surface area contributed by atoms with Gasteiger partial charge in [0.1, 0.15) is 0 Å². The van der Waals surface area contributed by atoms with Crippen LogP contribution >= 0.6 is 23.4 Å². The number of rotatable bonds is 4. The van der Waals surface area contributed by atoms with Crippen molar-refractivity contribution in [2.75, 3.05) is 5.75 Å². The minimum Gasteiger partial charge on any atom is -0.331 e. The van der Waals surface area contributed by atoms with Crippen molar-refractivity contribution in [3.05, 3.63) is 47.0 Å². The quantitative estimate of drug-likeness (QED) is 0.902. The second kappa shape index (κ2) is 6.42. The van der Waals surface area contributed by atoms with E-state index in [0.29, 0.717) is 12.1 Å². The van der Waals surface area contributed by atoms with Gasteiger partial charge in [-0.3, -0.25) is 0 Å². The Balaban J connectivity index is 1.75. The molecule has 0 aliphatic carbocycles. The van der Waals surface area contributed by atoms with Gasteiger partial charge in [-0.1, -0.05) is 11.6 Å². The van der Waals surface area contributed by atoms with E-state index in [4.69, 9.17) is 11.6 Å². The van der Waals surface area contributed by atoms with Gasteiger partial charge in [0, 0.05) is 34.7 Å². The summed E-state index contributed by atoms with van der Waals surface area (Å²) in [6, 6.07) is 7.02. The molecule has 5 heteroatoms. The van der Waals surface area contributed by atoms with Gasteiger partial charge in [0.15, 0.2) is 0 Å². The van der Waals surface area contributed by atoms with Crippen LogP contribution in [0.1, 0.15) is 43.6 Å². The van der Waals surface area contributed by atoms with E-state index in [1.807, 2.05) is 30.4 Å². The van der Waals surface area contributed by atoms with E-state index in [1.165, 1.54) is 16.2 Å². The van der Waals surface area contributed by atoms with Crippen LogP contribution in [0, 0.1) is 0 Å². The molecule has 112 valence electrons. The molecule has 1 aromatic carbocycles. The zero-order valence-corrected chi connectivity index (χ0v) is 13.9. The molecule has 0 bridgehead atoms. The van der Waals surface area contributed by atoms with Crippen LogP contribution in [0.15, 0.2) is 35.6 Å². The molecule has 1 atom stereocenters. The fourth-order valence-electron chi connectivity index (χ4n) is 2.74. The molecule has 0 radical (unpaired) electrons. The lowest BCUT2D eigenvalue weighted by Gasteiger charge is -2.26. The second-order valence-electron chi connectivity index (χ2n) is 5.64. The Bertz CT molecular complexity index is 624. The molecule has 1 aliphatic rings. The van der Waals surface area contributed by atoms with E-state index in [0.717, 1.165) is 23.7 Å². The Morgan fingerprint density at radius 1 is 1.48 bits per heavy atom. The topological polar surface area (TPSA) is 29.9 Å². The average Bonchev–Trinajstić information content (AvgIpc) is 2.93. The minimum absolute atomic E-state index is 0.371. The van der Waals surface area contributed by atoms with Gasteiger partial charge in [-0.15, -0.1) is 11.8 Å². The van der Waals surface area contributed by atoms with E-state index in [9.17, 15) is 0 Å². The number of aromatic nitrogens is 2. The molecule has 0 spiro atoms. The lowest BCUT2D eigenvalue weighted by atomic mass is 10.0. The number of nitrogens with zero attached hydrogens (tertiary/aromatic N) is 2. The SMILES string of the molecule is CC(C)n1cncc1CNC1CCSc2ccc(Cl)cc21. The Kier molecular flexibility index (Phi) is 4.57. The van der Waals surface area contributed by atoms with Crippen molar-refractivity contribution < 1.29 is 0 Å².